The highest BCUT2D eigenvalue weighted by Crippen LogP contribution is 2.24. The number of thiophene rings is 1. The van der Waals surface area contributed by atoms with Crippen molar-refractivity contribution < 1.29 is 13.5 Å². The third kappa shape index (κ3) is 6.47. The largest absolute Gasteiger partial charge is 0.489 e. The monoisotopic (exact) mass is 522 g/mol. The van der Waals surface area contributed by atoms with Crippen LogP contribution in [0.3, 0.4) is 0 Å². The molecule has 0 aliphatic carbocycles. The molecular weight excluding hydrogens is 497 g/mol. The van der Waals surface area contributed by atoms with Crippen LogP contribution in [0, 0.1) is 11.6 Å². The van der Waals surface area contributed by atoms with Gasteiger partial charge in [-0.05, 0) is 42.5 Å². The van der Waals surface area contributed by atoms with Crippen LogP contribution in [0.25, 0.3) is 0 Å². The number of halogens is 3. The molecule has 2 aromatic rings. The van der Waals surface area contributed by atoms with E-state index in [4.69, 9.17) is 4.74 Å². The molecule has 1 aromatic heterocycles. The fraction of sp³-hybridized carbons (Fsp3) is 0.421. The Bertz CT molecular complexity index is 752. The van der Waals surface area contributed by atoms with Crippen LogP contribution < -0.4 is 20.3 Å². The van der Waals surface area contributed by atoms with Gasteiger partial charge in [-0.15, -0.1) is 35.3 Å². The quantitative estimate of drug-likeness (QED) is 0.262. The highest BCUT2D eigenvalue weighted by molar-refractivity contribution is 14.0. The van der Waals surface area contributed by atoms with Gasteiger partial charge in [0, 0.05) is 32.2 Å². The molecule has 1 aromatic carbocycles. The summed E-state index contributed by atoms with van der Waals surface area (Å²) in [7, 11) is 1.72. The Balaban J connectivity index is 0.00000280. The Morgan fingerprint density at radius 1 is 1.29 bits per heavy atom. The minimum Gasteiger partial charge on any atom is -0.489 e. The van der Waals surface area contributed by atoms with Gasteiger partial charge >= 0.3 is 0 Å². The predicted molar refractivity (Wildman–Crippen MR) is 121 cm³/mol. The summed E-state index contributed by atoms with van der Waals surface area (Å²) in [4.78, 5) is 6.64. The van der Waals surface area contributed by atoms with Crippen molar-refractivity contribution in [2.45, 2.75) is 18.9 Å². The number of nitrogens with one attached hydrogen (secondary N) is 2. The molecule has 0 bridgehead atoms. The number of benzene rings is 1. The van der Waals surface area contributed by atoms with Gasteiger partial charge in [-0.2, -0.15) is 0 Å². The van der Waals surface area contributed by atoms with Crippen molar-refractivity contribution in [3.63, 3.8) is 0 Å². The first-order valence-corrected chi connectivity index (χ1v) is 9.87. The molecule has 0 radical (unpaired) electrons. The van der Waals surface area contributed by atoms with Crippen LogP contribution in [0.1, 0.15) is 12.8 Å². The van der Waals surface area contributed by atoms with Gasteiger partial charge in [0.05, 0.1) is 11.5 Å². The Morgan fingerprint density at radius 2 is 2.07 bits per heavy atom. The number of hydrogen-bond donors (Lipinski definition) is 2. The van der Waals surface area contributed by atoms with Gasteiger partial charge in [0.2, 0.25) is 0 Å². The lowest BCUT2D eigenvalue weighted by Gasteiger charge is -2.33. The van der Waals surface area contributed by atoms with E-state index in [1.54, 1.807) is 18.4 Å². The molecule has 2 heterocycles. The number of anilines is 1. The Hall–Kier alpha value is -1.62. The summed E-state index contributed by atoms with van der Waals surface area (Å²) in [6.45, 7) is 2.74. The average Bonchev–Trinajstić information content (AvgIpc) is 3.21. The normalized spacial score (nSPS) is 15.1. The van der Waals surface area contributed by atoms with Crippen molar-refractivity contribution in [3.8, 4) is 5.75 Å². The molecule has 9 heteroatoms. The molecule has 0 amide bonds. The van der Waals surface area contributed by atoms with Crippen LogP contribution in [0.15, 0.2) is 40.7 Å². The molecule has 2 N–H and O–H groups in total. The first-order chi connectivity index (χ1) is 13.2. The number of hydrogen-bond acceptors (Lipinski definition) is 4. The molecular formula is C19H25F2IN4OS. The lowest BCUT2D eigenvalue weighted by molar-refractivity contribution is 0.304. The lowest BCUT2D eigenvalue weighted by Crippen LogP contribution is -2.49. The fourth-order valence-corrected chi connectivity index (χ4v) is 3.79. The first-order valence-electron chi connectivity index (χ1n) is 8.99. The maximum Gasteiger partial charge on any atom is 0.191 e. The second kappa shape index (κ2) is 11.4. The summed E-state index contributed by atoms with van der Waals surface area (Å²) in [5, 5.41) is 10.0. The van der Waals surface area contributed by atoms with E-state index in [2.05, 4.69) is 38.0 Å². The van der Waals surface area contributed by atoms with Crippen molar-refractivity contribution in [2.24, 2.45) is 4.99 Å². The zero-order valence-corrected chi connectivity index (χ0v) is 18.8. The maximum absolute atomic E-state index is 13.5. The molecule has 154 valence electrons. The average molecular weight is 522 g/mol. The summed E-state index contributed by atoms with van der Waals surface area (Å²) >= 11 is 1.77. The zero-order valence-electron chi connectivity index (χ0n) is 15.7. The lowest BCUT2D eigenvalue weighted by atomic mass is 10.1. The van der Waals surface area contributed by atoms with Gasteiger partial charge < -0.3 is 20.3 Å². The van der Waals surface area contributed by atoms with Gasteiger partial charge in [-0.25, -0.2) is 8.78 Å². The smallest absolute Gasteiger partial charge is 0.191 e. The van der Waals surface area contributed by atoms with Crippen LogP contribution in [-0.4, -0.2) is 45.3 Å². The third-order valence-electron chi connectivity index (χ3n) is 4.42. The number of nitrogens with zero attached hydrogens (tertiary/aromatic N) is 2. The van der Waals surface area contributed by atoms with Crippen molar-refractivity contribution in [1.82, 2.24) is 10.6 Å². The highest BCUT2D eigenvalue weighted by atomic mass is 127. The number of rotatable bonds is 6. The fourth-order valence-electron chi connectivity index (χ4n) is 3.00. The third-order valence-corrected chi connectivity index (χ3v) is 5.35. The summed E-state index contributed by atoms with van der Waals surface area (Å²) in [6, 6.07) is 7.88. The van der Waals surface area contributed by atoms with Crippen molar-refractivity contribution in [3.05, 3.63) is 47.3 Å². The zero-order chi connectivity index (χ0) is 19.1. The molecule has 0 spiro atoms. The molecule has 1 fully saturated rings. The topological polar surface area (TPSA) is 48.9 Å². The van der Waals surface area contributed by atoms with E-state index in [0.29, 0.717) is 18.5 Å². The Labute approximate surface area is 185 Å². The molecule has 0 atom stereocenters. The van der Waals surface area contributed by atoms with Gasteiger partial charge in [0.1, 0.15) is 12.4 Å². The van der Waals surface area contributed by atoms with E-state index < -0.39 is 11.6 Å². The summed E-state index contributed by atoms with van der Waals surface area (Å²) < 4.78 is 31.7. The Kier molecular flexibility index (Phi) is 9.23. The van der Waals surface area contributed by atoms with Crippen molar-refractivity contribution in [2.75, 3.05) is 38.2 Å². The standard InChI is InChI=1S/C19H24F2N4OS.HI/c1-22-19(23-8-11-26-17-5-4-14(20)13-16(17)21)24-15-6-9-25(10-7-15)18-3-2-12-27-18;/h2-5,12-13,15H,6-11H2,1H3,(H2,22,23,24);1H. The molecule has 1 aliphatic rings. The van der Waals surface area contributed by atoms with Crippen LogP contribution in [0.4, 0.5) is 13.8 Å². The van der Waals surface area contributed by atoms with Crippen LogP contribution in [0.2, 0.25) is 0 Å². The van der Waals surface area contributed by atoms with E-state index in [-0.39, 0.29) is 36.3 Å². The number of ether oxygens (including phenoxy) is 1. The van der Waals surface area contributed by atoms with E-state index in [9.17, 15) is 8.78 Å². The predicted octanol–water partition coefficient (Wildman–Crippen LogP) is 3.86. The molecule has 1 saturated heterocycles. The van der Waals surface area contributed by atoms with Gasteiger partial charge in [0.15, 0.2) is 17.5 Å². The number of aliphatic imine (C=N–C) groups is 1. The van der Waals surface area contributed by atoms with Crippen LogP contribution in [-0.2, 0) is 0 Å². The van der Waals surface area contributed by atoms with Crippen LogP contribution >= 0.6 is 35.3 Å². The van der Waals surface area contributed by atoms with Gasteiger partial charge in [0.25, 0.3) is 0 Å². The highest BCUT2D eigenvalue weighted by Gasteiger charge is 2.20. The van der Waals surface area contributed by atoms with Crippen molar-refractivity contribution >= 4 is 46.3 Å². The molecule has 3 rings (SSSR count). The minimum atomic E-state index is -0.699. The molecule has 28 heavy (non-hydrogen) atoms. The summed E-state index contributed by atoms with van der Waals surface area (Å²) in [5.41, 5.74) is 0. The maximum atomic E-state index is 13.5. The first kappa shape index (κ1) is 22.7. The van der Waals surface area contributed by atoms with E-state index in [1.165, 1.54) is 17.1 Å². The summed E-state index contributed by atoms with van der Waals surface area (Å²) in [6.07, 6.45) is 2.08. The van der Waals surface area contributed by atoms with Gasteiger partial charge in [-0.1, -0.05) is 0 Å². The van der Waals surface area contributed by atoms with Crippen LogP contribution in [0.5, 0.6) is 5.75 Å². The molecule has 5 nitrogen and oxygen atoms in total. The SMILES string of the molecule is CN=C(NCCOc1ccc(F)cc1F)NC1CCN(c2cccs2)CC1.I. The molecule has 1 aliphatic heterocycles. The van der Waals surface area contributed by atoms with E-state index in [1.807, 2.05) is 0 Å². The second-order valence-electron chi connectivity index (χ2n) is 6.28. The molecule has 0 unspecified atom stereocenters. The van der Waals surface area contributed by atoms with E-state index >= 15 is 0 Å². The molecule has 0 saturated carbocycles. The van der Waals surface area contributed by atoms with E-state index in [0.717, 1.165) is 32.0 Å². The van der Waals surface area contributed by atoms with Crippen molar-refractivity contribution in [1.29, 1.82) is 0 Å². The summed E-state index contributed by atoms with van der Waals surface area (Å²) in [5.74, 6) is -0.572. The number of piperidine rings is 1. The Morgan fingerprint density at radius 3 is 2.71 bits per heavy atom. The number of guanidine groups is 1. The van der Waals surface area contributed by atoms with Gasteiger partial charge in [-0.3, -0.25) is 4.99 Å². The minimum absolute atomic E-state index is 0. The second-order valence-corrected chi connectivity index (χ2v) is 7.21.